The van der Waals surface area contributed by atoms with E-state index in [2.05, 4.69) is 4.99 Å². The van der Waals surface area contributed by atoms with Gasteiger partial charge in [0.2, 0.25) is 0 Å². The number of nitrogens with zero attached hydrogens (tertiary/aromatic N) is 1. The molecule has 1 atom stereocenters. The summed E-state index contributed by atoms with van der Waals surface area (Å²) in [6.45, 7) is 3.77. The summed E-state index contributed by atoms with van der Waals surface area (Å²) < 4.78 is 0. The van der Waals surface area contributed by atoms with Gasteiger partial charge in [-0.15, -0.1) is 0 Å². The van der Waals surface area contributed by atoms with Gasteiger partial charge in [0, 0.05) is 12.1 Å². The molecule has 0 saturated heterocycles. The molecule has 0 amide bonds. The van der Waals surface area contributed by atoms with Crippen molar-refractivity contribution in [1.29, 1.82) is 0 Å². The third kappa shape index (κ3) is 3.76. The minimum atomic E-state index is -0.885. The Kier molecular flexibility index (Phi) is 4.13. The van der Waals surface area contributed by atoms with Gasteiger partial charge in [-0.05, 0) is 31.5 Å². The fourth-order valence-corrected chi connectivity index (χ4v) is 2.16. The van der Waals surface area contributed by atoms with Crippen molar-refractivity contribution in [3.8, 4) is 0 Å². The standard InChI is InChI=1S/C17H19NO/c1-14(18-16-11-7-4-8-12-16)13-17(2,19)15-9-5-3-6-10-15/h3-12,19H,13H2,1-2H3. The van der Waals surface area contributed by atoms with Crippen molar-refractivity contribution in [2.75, 3.05) is 0 Å². The molecule has 0 aromatic heterocycles. The number of benzene rings is 2. The molecule has 0 saturated carbocycles. The molecule has 2 heteroatoms. The Morgan fingerprint density at radius 3 is 2.11 bits per heavy atom. The number of rotatable bonds is 4. The molecule has 0 bridgehead atoms. The molecule has 2 nitrogen and oxygen atoms in total. The average Bonchev–Trinajstić information content (AvgIpc) is 2.40. The lowest BCUT2D eigenvalue weighted by Gasteiger charge is -2.23. The van der Waals surface area contributed by atoms with Gasteiger partial charge in [-0.3, -0.25) is 4.99 Å². The molecule has 1 N–H and O–H groups in total. The zero-order valence-electron chi connectivity index (χ0n) is 11.4. The van der Waals surface area contributed by atoms with Gasteiger partial charge < -0.3 is 5.11 Å². The number of hydrogen-bond acceptors (Lipinski definition) is 2. The maximum absolute atomic E-state index is 10.6. The van der Waals surface area contributed by atoms with E-state index in [-0.39, 0.29) is 0 Å². The molecule has 0 aliphatic rings. The van der Waals surface area contributed by atoms with Crippen LogP contribution in [0, 0.1) is 0 Å². The summed E-state index contributed by atoms with van der Waals surface area (Å²) >= 11 is 0. The summed E-state index contributed by atoms with van der Waals surface area (Å²) in [6.07, 6.45) is 0.520. The van der Waals surface area contributed by atoms with E-state index in [1.54, 1.807) is 0 Å². The molecule has 1 unspecified atom stereocenters. The van der Waals surface area contributed by atoms with E-state index in [1.165, 1.54) is 0 Å². The summed E-state index contributed by atoms with van der Waals surface area (Å²) in [7, 11) is 0. The van der Waals surface area contributed by atoms with Crippen LogP contribution in [0.25, 0.3) is 0 Å². The highest BCUT2D eigenvalue weighted by Gasteiger charge is 2.23. The topological polar surface area (TPSA) is 32.6 Å². The molecule has 2 rings (SSSR count). The highest BCUT2D eigenvalue weighted by Crippen LogP contribution is 2.25. The van der Waals surface area contributed by atoms with Crippen LogP contribution in [-0.2, 0) is 5.60 Å². The lowest BCUT2D eigenvalue weighted by Crippen LogP contribution is -2.24. The Hall–Kier alpha value is -1.93. The number of hydrogen-bond donors (Lipinski definition) is 1. The van der Waals surface area contributed by atoms with Crippen LogP contribution in [0.1, 0.15) is 25.8 Å². The molecular formula is C17H19NO. The Morgan fingerprint density at radius 2 is 1.53 bits per heavy atom. The molecule has 0 aliphatic heterocycles. The second kappa shape index (κ2) is 5.81. The summed E-state index contributed by atoms with van der Waals surface area (Å²) in [4.78, 5) is 4.53. The summed E-state index contributed by atoms with van der Waals surface area (Å²) in [5.74, 6) is 0. The van der Waals surface area contributed by atoms with Crippen molar-refractivity contribution in [2.45, 2.75) is 25.9 Å². The van der Waals surface area contributed by atoms with Gasteiger partial charge in [0.1, 0.15) is 0 Å². The molecule has 0 heterocycles. The quantitative estimate of drug-likeness (QED) is 0.818. The highest BCUT2D eigenvalue weighted by molar-refractivity contribution is 5.85. The zero-order chi connectivity index (χ0) is 13.7. The first kappa shape index (κ1) is 13.5. The first-order valence-corrected chi connectivity index (χ1v) is 6.45. The minimum absolute atomic E-state index is 0.520. The molecule has 0 fully saturated rings. The predicted molar refractivity (Wildman–Crippen MR) is 79.8 cm³/mol. The summed E-state index contributed by atoms with van der Waals surface area (Å²) in [6, 6.07) is 19.5. The van der Waals surface area contributed by atoms with Crippen molar-refractivity contribution < 1.29 is 5.11 Å². The predicted octanol–water partition coefficient (Wildman–Crippen LogP) is 4.08. The van der Waals surface area contributed by atoms with Crippen molar-refractivity contribution >= 4 is 11.4 Å². The van der Waals surface area contributed by atoms with Crippen molar-refractivity contribution in [1.82, 2.24) is 0 Å². The molecule has 2 aromatic carbocycles. The van der Waals surface area contributed by atoms with Crippen molar-refractivity contribution in [2.24, 2.45) is 4.99 Å². The molecule has 19 heavy (non-hydrogen) atoms. The SMILES string of the molecule is CC(CC(C)(O)c1ccccc1)=Nc1ccccc1. The second-order valence-corrected chi connectivity index (χ2v) is 5.00. The molecule has 0 spiro atoms. The van der Waals surface area contributed by atoms with Crippen LogP contribution in [0.3, 0.4) is 0 Å². The van der Waals surface area contributed by atoms with Crippen molar-refractivity contribution in [3.63, 3.8) is 0 Å². The van der Waals surface area contributed by atoms with Gasteiger partial charge in [0.05, 0.1) is 11.3 Å². The van der Waals surface area contributed by atoms with Gasteiger partial charge in [0.25, 0.3) is 0 Å². The van der Waals surface area contributed by atoms with Gasteiger partial charge in [-0.2, -0.15) is 0 Å². The van der Waals surface area contributed by atoms with Crippen LogP contribution in [0.2, 0.25) is 0 Å². The molecule has 0 aliphatic carbocycles. The third-order valence-electron chi connectivity index (χ3n) is 3.07. The molecule has 2 aromatic rings. The van der Waals surface area contributed by atoms with E-state index in [0.29, 0.717) is 6.42 Å². The van der Waals surface area contributed by atoms with E-state index >= 15 is 0 Å². The highest BCUT2D eigenvalue weighted by atomic mass is 16.3. The maximum Gasteiger partial charge on any atom is 0.0920 e. The van der Waals surface area contributed by atoms with Gasteiger partial charge in [-0.25, -0.2) is 0 Å². The first-order valence-electron chi connectivity index (χ1n) is 6.45. The average molecular weight is 253 g/mol. The number of aliphatic hydroxyl groups is 1. The fourth-order valence-electron chi connectivity index (χ4n) is 2.16. The fraction of sp³-hybridized carbons (Fsp3) is 0.235. The van der Waals surface area contributed by atoms with Gasteiger partial charge >= 0.3 is 0 Å². The smallest absolute Gasteiger partial charge is 0.0920 e. The van der Waals surface area contributed by atoms with Crippen LogP contribution in [-0.4, -0.2) is 10.8 Å². The van der Waals surface area contributed by atoms with Crippen LogP contribution in [0.4, 0.5) is 5.69 Å². The van der Waals surface area contributed by atoms with E-state index in [4.69, 9.17) is 0 Å². The van der Waals surface area contributed by atoms with E-state index in [1.807, 2.05) is 74.5 Å². The Morgan fingerprint density at radius 1 is 1.00 bits per heavy atom. The van der Waals surface area contributed by atoms with Crippen LogP contribution in [0.15, 0.2) is 65.7 Å². The van der Waals surface area contributed by atoms with Crippen LogP contribution >= 0.6 is 0 Å². The summed E-state index contributed by atoms with van der Waals surface area (Å²) in [5, 5.41) is 10.6. The zero-order valence-corrected chi connectivity index (χ0v) is 11.4. The second-order valence-electron chi connectivity index (χ2n) is 5.00. The Bertz CT molecular complexity index is 544. The first-order chi connectivity index (χ1) is 9.08. The number of para-hydroxylation sites is 1. The van der Waals surface area contributed by atoms with E-state index < -0.39 is 5.60 Å². The normalized spacial score (nSPS) is 15.0. The monoisotopic (exact) mass is 253 g/mol. The van der Waals surface area contributed by atoms with E-state index in [9.17, 15) is 5.11 Å². The lowest BCUT2D eigenvalue weighted by molar-refractivity contribution is 0.0652. The molecule has 98 valence electrons. The number of aliphatic imine (C=N–C) groups is 1. The minimum Gasteiger partial charge on any atom is -0.385 e. The Labute approximate surface area is 114 Å². The van der Waals surface area contributed by atoms with E-state index in [0.717, 1.165) is 17.0 Å². The maximum atomic E-state index is 10.6. The van der Waals surface area contributed by atoms with Gasteiger partial charge in [0.15, 0.2) is 0 Å². The summed E-state index contributed by atoms with van der Waals surface area (Å²) in [5.41, 5.74) is 1.87. The van der Waals surface area contributed by atoms with Crippen molar-refractivity contribution in [3.05, 3.63) is 66.2 Å². The third-order valence-corrected chi connectivity index (χ3v) is 3.07. The van der Waals surface area contributed by atoms with Gasteiger partial charge in [-0.1, -0.05) is 48.5 Å². The molecule has 0 radical (unpaired) electrons. The molecular weight excluding hydrogens is 234 g/mol. The largest absolute Gasteiger partial charge is 0.385 e. The lowest BCUT2D eigenvalue weighted by atomic mass is 9.91. The van der Waals surface area contributed by atoms with Crippen LogP contribution in [0.5, 0.6) is 0 Å². The Balaban J connectivity index is 2.14. The van der Waals surface area contributed by atoms with Crippen LogP contribution < -0.4 is 0 Å².